The number of rotatable bonds is 2. The second-order valence-corrected chi connectivity index (χ2v) is 6.20. The first-order chi connectivity index (χ1) is 11.6. The molecule has 5 nitrogen and oxygen atoms in total. The molecule has 124 valence electrons. The molecule has 0 saturated carbocycles. The van der Waals surface area contributed by atoms with E-state index in [2.05, 4.69) is 42.3 Å². The number of hydrogen-bond acceptors (Lipinski definition) is 3. The Kier molecular flexibility index (Phi) is 4.60. The van der Waals surface area contributed by atoms with E-state index in [1.54, 1.807) is 23.2 Å². The lowest BCUT2D eigenvalue weighted by Gasteiger charge is -2.25. The van der Waals surface area contributed by atoms with E-state index in [1.165, 1.54) is 17.3 Å². The number of anilines is 1. The number of benzene rings is 1. The van der Waals surface area contributed by atoms with Crippen LogP contribution < -0.4 is 5.32 Å². The van der Waals surface area contributed by atoms with Gasteiger partial charge in [-0.15, -0.1) is 0 Å². The van der Waals surface area contributed by atoms with Crippen molar-refractivity contribution >= 4 is 17.5 Å². The number of hydrogen-bond donors (Lipinski definition) is 1. The number of nitrogens with zero attached hydrogens (tertiary/aromatic N) is 2. The molecule has 1 unspecified atom stereocenters. The summed E-state index contributed by atoms with van der Waals surface area (Å²) in [5, 5.41) is 2.62. The summed E-state index contributed by atoms with van der Waals surface area (Å²) in [6.45, 7) is 4.74. The minimum Gasteiger partial charge on any atom is -0.327 e. The second kappa shape index (κ2) is 6.83. The molecule has 2 amide bonds. The van der Waals surface area contributed by atoms with Crippen molar-refractivity contribution in [2.75, 3.05) is 11.9 Å². The Morgan fingerprint density at radius 3 is 2.75 bits per heavy atom. The number of carbonyl (C=O) groups is 2. The third kappa shape index (κ3) is 3.30. The maximum atomic E-state index is 12.6. The molecule has 2 heterocycles. The van der Waals surface area contributed by atoms with Crippen molar-refractivity contribution in [2.24, 2.45) is 0 Å². The van der Waals surface area contributed by atoms with Crippen molar-refractivity contribution < 1.29 is 9.59 Å². The average Bonchev–Trinajstić information content (AvgIpc) is 3.07. The van der Waals surface area contributed by atoms with Crippen LogP contribution in [0.3, 0.4) is 0 Å². The fraction of sp³-hybridized carbons (Fsp3) is 0.316. The number of aromatic nitrogens is 1. The van der Waals surface area contributed by atoms with Gasteiger partial charge in [-0.1, -0.05) is 18.2 Å². The first kappa shape index (κ1) is 16.2. The summed E-state index contributed by atoms with van der Waals surface area (Å²) >= 11 is 0. The highest BCUT2D eigenvalue weighted by Crippen LogP contribution is 2.33. The van der Waals surface area contributed by atoms with E-state index in [0.717, 1.165) is 18.4 Å². The van der Waals surface area contributed by atoms with E-state index < -0.39 is 11.8 Å². The molecule has 1 aliphatic rings. The molecule has 1 aromatic carbocycles. The van der Waals surface area contributed by atoms with Crippen LogP contribution in [-0.2, 0) is 9.59 Å². The molecule has 2 aromatic rings. The largest absolute Gasteiger partial charge is 0.327 e. The number of carbonyl (C=O) groups excluding carboxylic acids is 2. The zero-order chi connectivity index (χ0) is 17.1. The molecule has 0 bridgehead atoms. The van der Waals surface area contributed by atoms with Crippen molar-refractivity contribution in [2.45, 2.75) is 32.7 Å². The summed E-state index contributed by atoms with van der Waals surface area (Å²) in [6.07, 6.45) is 4.93. The molecule has 1 atom stereocenters. The van der Waals surface area contributed by atoms with E-state index in [1.807, 2.05) is 0 Å². The summed E-state index contributed by atoms with van der Waals surface area (Å²) in [6, 6.07) is 9.64. The van der Waals surface area contributed by atoms with Gasteiger partial charge in [0.05, 0.1) is 17.9 Å². The Labute approximate surface area is 141 Å². The van der Waals surface area contributed by atoms with Gasteiger partial charge < -0.3 is 10.2 Å². The maximum absolute atomic E-state index is 12.6. The number of amides is 2. The Morgan fingerprint density at radius 1 is 1.21 bits per heavy atom. The lowest BCUT2D eigenvalue weighted by atomic mass is 9.99. The highest BCUT2D eigenvalue weighted by atomic mass is 16.2. The van der Waals surface area contributed by atoms with Crippen LogP contribution in [0.5, 0.6) is 0 Å². The molecule has 5 heteroatoms. The van der Waals surface area contributed by atoms with Crippen LogP contribution in [0.1, 0.15) is 35.6 Å². The van der Waals surface area contributed by atoms with Gasteiger partial charge in [-0.3, -0.25) is 14.6 Å². The molecular formula is C19H21N3O2. The van der Waals surface area contributed by atoms with Crippen molar-refractivity contribution in [3.63, 3.8) is 0 Å². The van der Waals surface area contributed by atoms with E-state index in [4.69, 9.17) is 0 Å². The van der Waals surface area contributed by atoms with Gasteiger partial charge in [0.15, 0.2) is 0 Å². The van der Waals surface area contributed by atoms with Crippen molar-refractivity contribution in [1.82, 2.24) is 9.88 Å². The van der Waals surface area contributed by atoms with Crippen LogP contribution in [0.2, 0.25) is 0 Å². The van der Waals surface area contributed by atoms with Gasteiger partial charge in [0, 0.05) is 12.7 Å². The van der Waals surface area contributed by atoms with Gasteiger partial charge in [-0.05, 0) is 55.5 Å². The molecular weight excluding hydrogens is 302 g/mol. The van der Waals surface area contributed by atoms with E-state index >= 15 is 0 Å². The molecule has 1 fully saturated rings. The lowest BCUT2D eigenvalue weighted by Crippen LogP contribution is -2.39. The van der Waals surface area contributed by atoms with Crippen LogP contribution in [0.15, 0.2) is 42.7 Å². The Morgan fingerprint density at radius 2 is 2.04 bits per heavy atom. The van der Waals surface area contributed by atoms with Crippen molar-refractivity contribution in [3.05, 3.63) is 59.4 Å². The van der Waals surface area contributed by atoms with E-state index in [0.29, 0.717) is 12.2 Å². The predicted octanol–water partition coefficient (Wildman–Crippen LogP) is 3.00. The van der Waals surface area contributed by atoms with E-state index in [9.17, 15) is 9.59 Å². The first-order valence-corrected chi connectivity index (χ1v) is 8.15. The molecule has 0 radical (unpaired) electrons. The third-order valence-corrected chi connectivity index (χ3v) is 4.54. The molecule has 24 heavy (non-hydrogen) atoms. The quantitative estimate of drug-likeness (QED) is 0.864. The second-order valence-electron chi connectivity index (χ2n) is 6.20. The predicted molar refractivity (Wildman–Crippen MR) is 92.5 cm³/mol. The van der Waals surface area contributed by atoms with Crippen LogP contribution in [0, 0.1) is 13.8 Å². The summed E-state index contributed by atoms with van der Waals surface area (Å²) in [5.74, 6) is -1.10. The van der Waals surface area contributed by atoms with Gasteiger partial charge in [0.1, 0.15) is 0 Å². The normalized spacial score (nSPS) is 16.9. The number of pyridine rings is 1. The van der Waals surface area contributed by atoms with Gasteiger partial charge in [-0.25, -0.2) is 0 Å². The standard InChI is InChI=1S/C19H21N3O2/c1-13-7-8-15(11-14(13)2)17-6-4-10-22(17)19(24)18(23)21-16-5-3-9-20-12-16/h3,5,7-9,11-12,17H,4,6,10H2,1-2H3,(H,21,23). The molecule has 0 aliphatic carbocycles. The summed E-state index contributed by atoms with van der Waals surface area (Å²) in [4.78, 5) is 30.5. The van der Waals surface area contributed by atoms with Gasteiger partial charge in [0.25, 0.3) is 0 Å². The smallest absolute Gasteiger partial charge is 0.313 e. The molecule has 1 saturated heterocycles. The summed E-state index contributed by atoms with van der Waals surface area (Å²) in [5.41, 5.74) is 4.05. The fourth-order valence-corrected chi connectivity index (χ4v) is 3.08. The minimum absolute atomic E-state index is 0.0311. The summed E-state index contributed by atoms with van der Waals surface area (Å²) < 4.78 is 0. The van der Waals surface area contributed by atoms with Crippen LogP contribution >= 0.6 is 0 Å². The maximum Gasteiger partial charge on any atom is 0.313 e. The topological polar surface area (TPSA) is 62.3 Å². The molecule has 3 rings (SSSR count). The zero-order valence-corrected chi connectivity index (χ0v) is 14.0. The minimum atomic E-state index is -0.612. The SMILES string of the molecule is Cc1ccc(C2CCCN2C(=O)C(=O)Nc2cccnc2)cc1C. The molecule has 1 N–H and O–H groups in total. The third-order valence-electron chi connectivity index (χ3n) is 4.54. The van der Waals surface area contributed by atoms with Gasteiger partial charge >= 0.3 is 11.8 Å². The Bertz CT molecular complexity index is 758. The highest BCUT2D eigenvalue weighted by Gasteiger charge is 2.33. The number of likely N-dealkylation sites (tertiary alicyclic amines) is 1. The van der Waals surface area contributed by atoms with E-state index in [-0.39, 0.29) is 6.04 Å². The first-order valence-electron chi connectivity index (χ1n) is 8.15. The highest BCUT2D eigenvalue weighted by molar-refractivity contribution is 6.39. The Hall–Kier alpha value is -2.69. The van der Waals surface area contributed by atoms with Crippen LogP contribution in [-0.4, -0.2) is 28.2 Å². The monoisotopic (exact) mass is 323 g/mol. The van der Waals surface area contributed by atoms with Crippen LogP contribution in [0.25, 0.3) is 0 Å². The van der Waals surface area contributed by atoms with Crippen LogP contribution in [0.4, 0.5) is 5.69 Å². The molecule has 1 aliphatic heterocycles. The summed E-state index contributed by atoms with van der Waals surface area (Å²) in [7, 11) is 0. The van der Waals surface area contributed by atoms with Crippen molar-refractivity contribution in [3.8, 4) is 0 Å². The number of aryl methyl sites for hydroxylation is 2. The zero-order valence-electron chi connectivity index (χ0n) is 14.0. The Balaban J connectivity index is 1.75. The lowest BCUT2D eigenvalue weighted by molar-refractivity contribution is -0.143. The van der Waals surface area contributed by atoms with Gasteiger partial charge in [-0.2, -0.15) is 0 Å². The number of nitrogens with one attached hydrogen (secondary N) is 1. The molecule has 1 aromatic heterocycles. The van der Waals surface area contributed by atoms with Crippen molar-refractivity contribution in [1.29, 1.82) is 0 Å². The fourth-order valence-electron chi connectivity index (χ4n) is 3.08. The molecule has 0 spiro atoms. The average molecular weight is 323 g/mol. The van der Waals surface area contributed by atoms with Gasteiger partial charge in [0.2, 0.25) is 0 Å².